The summed E-state index contributed by atoms with van der Waals surface area (Å²) in [6, 6.07) is 6.37. The van der Waals surface area contributed by atoms with Gasteiger partial charge in [0.15, 0.2) is 0 Å². The Kier molecular flexibility index (Phi) is 6.79. The number of benzene rings is 1. The molecular weight excluding hydrogens is 466 g/mol. The van der Waals surface area contributed by atoms with Crippen LogP contribution in [0.25, 0.3) is 0 Å². The number of hydrogen-bond donors (Lipinski definition) is 1. The fourth-order valence-electron chi connectivity index (χ4n) is 9.00. The lowest BCUT2D eigenvalue weighted by molar-refractivity contribution is -0.138. The number of rotatable bonds is 7. The highest BCUT2D eigenvalue weighted by molar-refractivity contribution is 5.81. The summed E-state index contributed by atoms with van der Waals surface area (Å²) >= 11 is 0. The Bertz CT molecular complexity index is 1020. The van der Waals surface area contributed by atoms with E-state index in [9.17, 15) is 14.4 Å². The molecule has 200 valence electrons. The van der Waals surface area contributed by atoms with Crippen LogP contribution in [0.3, 0.4) is 0 Å². The van der Waals surface area contributed by atoms with Gasteiger partial charge in [-0.2, -0.15) is 0 Å². The van der Waals surface area contributed by atoms with Gasteiger partial charge in [0.05, 0.1) is 0 Å². The molecule has 0 aromatic heterocycles. The zero-order chi connectivity index (χ0) is 25.6. The zero-order valence-corrected chi connectivity index (χ0v) is 22.0. The van der Waals surface area contributed by atoms with E-state index in [1.807, 2.05) is 0 Å². The van der Waals surface area contributed by atoms with Gasteiger partial charge in [-0.25, -0.2) is 4.79 Å². The minimum atomic E-state index is -0.748. The molecule has 0 atom stereocenters. The monoisotopic (exact) mass is 507 g/mol. The van der Waals surface area contributed by atoms with E-state index in [0.717, 1.165) is 67.4 Å². The summed E-state index contributed by atoms with van der Waals surface area (Å²) in [7, 11) is 0. The van der Waals surface area contributed by atoms with Gasteiger partial charge in [-0.1, -0.05) is 18.2 Å². The Morgan fingerprint density at radius 2 is 1.62 bits per heavy atom. The zero-order valence-electron chi connectivity index (χ0n) is 22.0. The van der Waals surface area contributed by atoms with Gasteiger partial charge >= 0.3 is 12.1 Å². The smallest absolute Gasteiger partial charge is 0.410 e. The number of carbonyl (C=O) groups is 3. The Hall–Kier alpha value is -2.37. The standard InChI is InChI=1S/C31H41NO5/c33-27(18-31-15-22-9-23(16-31)11-24(10-22)17-31)13-21-1-4-26-19-32(8-7-25(26)12-21)30(36)37-28-5-2-20(3-6-28)14-29(34)35/h1,4,12,20,22-24,28H,2-3,5-11,13-19H2,(H,34,35). The van der Waals surface area contributed by atoms with Crippen LogP contribution in [0.2, 0.25) is 0 Å². The van der Waals surface area contributed by atoms with Crippen LogP contribution >= 0.6 is 0 Å². The van der Waals surface area contributed by atoms with Crippen LogP contribution in [-0.2, 0) is 33.7 Å². The fraction of sp³-hybridized carbons (Fsp3) is 0.710. The van der Waals surface area contributed by atoms with Crippen molar-refractivity contribution in [2.24, 2.45) is 29.1 Å². The molecule has 1 aliphatic heterocycles. The molecule has 1 amide bonds. The van der Waals surface area contributed by atoms with Gasteiger partial charge in [0, 0.05) is 32.4 Å². The summed E-state index contributed by atoms with van der Waals surface area (Å²) in [5.74, 6) is 2.49. The molecule has 1 aromatic rings. The maximum Gasteiger partial charge on any atom is 0.410 e. The number of carboxylic acid groups (broad SMARTS) is 1. The van der Waals surface area contributed by atoms with Crippen molar-refractivity contribution < 1.29 is 24.2 Å². The maximum atomic E-state index is 13.2. The first-order chi connectivity index (χ1) is 17.8. The fourth-order valence-corrected chi connectivity index (χ4v) is 9.00. The average molecular weight is 508 g/mol. The van der Waals surface area contributed by atoms with Gasteiger partial charge in [-0.3, -0.25) is 9.59 Å². The first kappa shape index (κ1) is 24.9. The van der Waals surface area contributed by atoms with E-state index in [0.29, 0.717) is 30.7 Å². The molecule has 6 heteroatoms. The number of aliphatic carboxylic acids is 1. The second-order valence-corrected chi connectivity index (χ2v) is 13.2. The van der Waals surface area contributed by atoms with Crippen molar-refractivity contribution in [2.45, 2.75) is 103 Å². The summed E-state index contributed by atoms with van der Waals surface area (Å²) in [5.41, 5.74) is 3.81. The first-order valence-corrected chi connectivity index (χ1v) is 14.6. The number of Topliss-reactive ketones (excluding diaryl/α,β-unsaturated/α-hetero) is 1. The highest BCUT2D eigenvalue weighted by Crippen LogP contribution is 2.61. The summed E-state index contributed by atoms with van der Waals surface area (Å²) in [4.78, 5) is 38.7. The molecule has 1 N–H and O–H groups in total. The van der Waals surface area contributed by atoms with Crippen molar-refractivity contribution in [3.8, 4) is 0 Å². The molecule has 1 heterocycles. The second kappa shape index (κ2) is 10.1. The van der Waals surface area contributed by atoms with Crippen LogP contribution in [0, 0.1) is 29.1 Å². The van der Waals surface area contributed by atoms with E-state index in [2.05, 4.69) is 18.2 Å². The maximum absolute atomic E-state index is 13.2. The third kappa shape index (κ3) is 5.58. The van der Waals surface area contributed by atoms with Crippen molar-refractivity contribution >= 4 is 17.8 Å². The minimum absolute atomic E-state index is 0.110. The average Bonchev–Trinajstić information content (AvgIpc) is 2.83. The molecule has 0 saturated heterocycles. The molecule has 4 bridgehead atoms. The van der Waals surface area contributed by atoms with Gasteiger partial charge in [0.1, 0.15) is 11.9 Å². The van der Waals surface area contributed by atoms with Gasteiger partial charge in [-0.15, -0.1) is 0 Å². The van der Waals surface area contributed by atoms with Crippen molar-refractivity contribution in [1.29, 1.82) is 0 Å². The summed E-state index contributed by atoms with van der Waals surface area (Å²) in [5, 5.41) is 8.99. The normalized spacial score (nSPS) is 34.2. The Morgan fingerprint density at radius 1 is 0.946 bits per heavy atom. The van der Waals surface area contributed by atoms with Crippen LogP contribution in [-0.4, -0.2) is 40.5 Å². The quantitative estimate of drug-likeness (QED) is 0.494. The number of nitrogens with zero attached hydrogens (tertiary/aromatic N) is 1. The number of carbonyl (C=O) groups excluding carboxylic acids is 2. The number of ketones is 1. The van der Waals surface area contributed by atoms with Gasteiger partial charge < -0.3 is 14.7 Å². The van der Waals surface area contributed by atoms with Gasteiger partial charge in [0.2, 0.25) is 0 Å². The lowest BCUT2D eigenvalue weighted by atomic mass is 9.48. The predicted molar refractivity (Wildman–Crippen MR) is 139 cm³/mol. The molecule has 5 fully saturated rings. The number of fused-ring (bicyclic) bond motifs is 1. The van der Waals surface area contributed by atoms with Crippen molar-refractivity contribution in [3.63, 3.8) is 0 Å². The SMILES string of the molecule is O=C(O)CC1CCC(OC(=O)N2CCc3cc(CC(=O)CC45CC6CC(CC(C6)C4)C5)ccc3C2)CC1. The summed E-state index contributed by atoms with van der Waals surface area (Å²) in [6.07, 6.45) is 13.1. The van der Waals surface area contributed by atoms with Gasteiger partial charge in [0.25, 0.3) is 0 Å². The number of hydrogen-bond acceptors (Lipinski definition) is 4. The number of carboxylic acids is 1. The van der Waals surface area contributed by atoms with Gasteiger partial charge in [-0.05, 0) is 116 Å². The summed E-state index contributed by atoms with van der Waals surface area (Å²) in [6.45, 7) is 1.18. The second-order valence-electron chi connectivity index (χ2n) is 13.2. The van der Waals surface area contributed by atoms with E-state index in [1.54, 1.807) is 4.90 Å². The van der Waals surface area contributed by atoms with E-state index in [1.165, 1.54) is 44.1 Å². The third-order valence-electron chi connectivity index (χ3n) is 10.2. The first-order valence-electron chi connectivity index (χ1n) is 14.6. The lowest BCUT2D eigenvalue weighted by Crippen LogP contribution is -2.47. The van der Waals surface area contributed by atoms with Crippen LogP contribution in [0.4, 0.5) is 4.79 Å². The third-order valence-corrected chi connectivity index (χ3v) is 10.2. The molecular formula is C31H41NO5. The van der Waals surface area contributed by atoms with E-state index >= 15 is 0 Å². The van der Waals surface area contributed by atoms with E-state index in [-0.39, 0.29) is 24.5 Å². The van der Waals surface area contributed by atoms with E-state index < -0.39 is 5.97 Å². The Balaban J connectivity index is 0.998. The molecule has 6 aliphatic rings. The Morgan fingerprint density at radius 3 is 2.27 bits per heavy atom. The molecule has 7 rings (SSSR count). The molecule has 0 radical (unpaired) electrons. The van der Waals surface area contributed by atoms with Crippen LogP contribution in [0.5, 0.6) is 0 Å². The molecule has 6 nitrogen and oxygen atoms in total. The van der Waals surface area contributed by atoms with Crippen LogP contribution in [0.1, 0.15) is 93.7 Å². The summed E-state index contributed by atoms with van der Waals surface area (Å²) < 4.78 is 5.79. The molecule has 0 unspecified atom stereocenters. The largest absolute Gasteiger partial charge is 0.481 e. The number of amides is 1. The topological polar surface area (TPSA) is 83.9 Å². The minimum Gasteiger partial charge on any atom is -0.481 e. The molecule has 37 heavy (non-hydrogen) atoms. The predicted octanol–water partition coefficient (Wildman–Crippen LogP) is 5.93. The molecule has 1 aromatic carbocycles. The number of ether oxygens (including phenoxy) is 1. The molecule has 0 spiro atoms. The van der Waals surface area contributed by atoms with Crippen molar-refractivity contribution in [3.05, 3.63) is 34.9 Å². The van der Waals surface area contributed by atoms with Crippen molar-refractivity contribution in [2.75, 3.05) is 6.54 Å². The van der Waals surface area contributed by atoms with Crippen molar-refractivity contribution in [1.82, 2.24) is 4.90 Å². The highest BCUT2D eigenvalue weighted by Gasteiger charge is 2.51. The molecule has 5 aliphatic carbocycles. The van der Waals surface area contributed by atoms with Crippen LogP contribution in [0.15, 0.2) is 18.2 Å². The molecule has 5 saturated carbocycles. The van der Waals surface area contributed by atoms with Crippen LogP contribution < -0.4 is 0 Å². The Labute approximate surface area is 220 Å². The highest BCUT2D eigenvalue weighted by atomic mass is 16.6. The lowest BCUT2D eigenvalue weighted by Gasteiger charge is -2.56. The van der Waals surface area contributed by atoms with E-state index in [4.69, 9.17) is 9.84 Å².